The van der Waals surface area contributed by atoms with Gasteiger partial charge in [0.25, 0.3) is 11.5 Å². The van der Waals surface area contributed by atoms with E-state index in [2.05, 4.69) is 26.3 Å². The minimum Gasteiger partial charge on any atom is -0.496 e. The summed E-state index contributed by atoms with van der Waals surface area (Å²) in [6.45, 7) is -0.389. The maximum atomic E-state index is 13.9. The van der Waals surface area contributed by atoms with Gasteiger partial charge in [0.1, 0.15) is 22.9 Å². The Hall–Kier alpha value is -5.29. The first kappa shape index (κ1) is 27.9. The third-order valence-electron chi connectivity index (χ3n) is 6.51. The Morgan fingerprint density at radius 1 is 1.02 bits per heavy atom. The molecule has 0 atom stereocenters. The van der Waals surface area contributed by atoms with Crippen molar-refractivity contribution in [3.63, 3.8) is 0 Å². The lowest BCUT2D eigenvalue weighted by Gasteiger charge is -2.11. The van der Waals surface area contributed by atoms with Crippen molar-refractivity contribution in [2.75, 3.05) is 19.0 Å². The van der Waals surface area contributed by atoms with Crippen LogP contribution in [0.15, 0.2) is 110 Å². The molecule has 4 aromatic carbocycles. The molecule has 0 saturated heterocycles. The van der Waals surface area contributed by atoms with Gasteiger partial charge in [-0.3, -0.25) is 9.59 Å². The number of anilines is 1. The highest BCUT2D eigenvalue weighted by Gasteiger charge is 2.18. The summed E-state index contributed by atoms with van der Waals surface area (Å²) in [6.07, 6.45) is 1.43. The van der Waals surface area contributed by atoms with Crippen molar-refractivity contribution in [3.8, 4) is 23.1 Å². The summed E-state index contributed by atoms with van der Waals surface area (Å²) in [5.41, 5.74) is 1.14. The molecule has 0 aliphatic carbocycles. The fourth-order valence-electron chi connectivity index (χ4n) is 4.48. The number of benzene rings is 4. The molecular formula is C32H22BrFN4O5. The van der Waals surface area contributed by atoms with Crippen LogP contribution in [0, 0.1) is 5.82 Å². The molecule has 1 N–H and O–H groups in total. The number of fused-ring (bicyclic) bond motifs is 2. The minimum absolute atomic E-state index is 0.0487. The Kier molecular flexibility index (Phi) is 7.71. The molecule has 6 aromatic rings. The average Bonchev–Trinajstić information content (AvgIpc) is 3.46. The lowest BCUT2D eigenvalue weighted by atomic mass is 10.2. The van der Waals surface area contributed by atoms with E-state index in [-0.39, 0.29) is 18.1 Å². The summed E-state index contributed by atoms with van der Waals surface area (Å²) in [5, 5.41) is 8.07. The molecular weight excluding hydrogens is 619 g/mol. The van der Waals surface area contributed by atoms with Crippen LogP contribution in [0.2, 0.25) is 0 Å². The minimum atomic E-state index is -0.555. The van der Waals surface area contributed by atoms with E-state index in [1.54, 1.807) is 73.8 Å². The van der Waals surface area contributed by atoms with Gasteiger partial charge >= 0.3 is 0 Å². The standard InChI is InChI=1S/C32H22BrFN4O5/c1-41-27-11-6-12-28-22(27)16-29(43-28)31-37-24-9-4-2-7-21(24)32(40)38(31)35-17-19-15-20(33)13-14-26(19)42-18-30(39)36-25-10-5-3-8-23(25)34/h2-17H,18H2,1H3,(H,36,39). The highest BCUT2D eigenvalue weighted by molar-refractivity contribution is 9.10. The molecule has 1 amide bonds. The third-order valence-corrected chi connectivity index (χ3v) is 7.00. The monoisotopic (exact) mass is 640 g/mol. The fraction of sp³-hybridized carbons (Fsp3) is 0.0625. The van der Waals surface area contributed by atoms with Gasteiger partial charge in [-0.05, 0) is 60.7 Å². The Morgan fingerprint density at radius 2 is 1.84 bits per heavy atom. The maximum absolute atomic E-state index is 13.9. The maximum Gasteiger partial charge on any atom is 0.282 e. The topological polar surface area (TPSA) is 108 Å². The first-order valence-electron chi connectivity index (χ1n) is 13.0. The molecule has 0 spiro atoms. The molecule has 0 radical (unpaired) electrons. The lowest BCUT2D eigenvalue weighted by Crippen LogP contribution is -2.21. The van der Waals surface area contributed by atoms with Crippen LogP contribution in [0.3, 0.4) is 0 Å². The van der Waals surface area contributed by atoms with Gasteiger partial charge in [-0.25, -0.2) is 9.37 Å². The number of carbonyl (C=O) groups is 1. The first-order chi connectivity index (χ1) is 20.9. The van der Waals surface area contributed by atoms with E-state index >= 15 is 0 Å². The van der Waals surface area contributed by atoms with E-state index in [9.17, 15) is 14.0 Å². The first-order valence-corrected chi connectivity index (χ1v) is 13.8. The molecule has 6 rings (SSSR count). The molecule has 43 heavy (non-hydrogen) atoms. The number of halogens is 2. The predicted octanol–water partition coefficient (Wildman–Crippen LogP) is 6.62. The Balaban J connectivity index is 1.37. The lowest BCUT2D eigenvalue weighted by molar-refractivity contribution is -0.118. The SMILES string of the molecule is COc1cccc2oc(-c3nc4ccccc4c(=O)n3N=Cc3cc(Br)ccc3OCC(=O)Nc3ccccc3F)cc12. The number of nitrogens with zero attached hydrogens (tertiary/aromatic N) is 3. The number of hydrogen-bond acceptors (Lipinski definition) is 7. The van der Waals surface area contributed by atoms with Gasteiger partial charge < -0.3 is 19.2 Å². The number of carbonyl (C=O) groups excluding carboxylic acids is 1. The summed E-state index contributed by atoms with van der Waals surface area (Å²) in [7, 11) is 1.57. The number of methoxy groups -OCH3 is 1. The van der Waals surface area contributed by atoms with Crippen molar-refractivity contribution < 1.29 is 23.1 Å². The van der Waals surface area contributed by atoms with Gasteiger partial charge in [-0.1, -0.05) is 46.3 Å². The molecule has 9 nitrogen and oxygen atoms in total. The smallest absolute Gasteiger partial charge is 0.282 e. The molecule has 0 aliphatic rings. The van der Waals surface area contributed by atoms with Crippen LogP contribution in [0.1, 0.15) is 5.56 Å². The zero-order chi connectivity index (χ0) is 29.9. The average molecular weight is 641 g/mol. The van der Waals surface area contributed by atoms with Crippen molar-refractivity contribution in [3.05, 3.63) is 117 Å². The van der Waals surface area contributed by atoms with Crippen molar-refractivity contribution in [1.29, 1.82) is 0 Å². The van der Waals surface area contributed by atoms with Crippen LogP contribution in [-0.4, -0.2) is 35.5 Å². The van der Waals surface area contributed by atoms with Gasteiger partial charge in [-0.15, -0.1) is 0 Å². The summed E-state index contributed by atoms with van der Waals surface area (Å²) in [6, 6.07) is 25.1. The van der Waals surface area contributed by atoms with Crippen molar-refractivity contribution in [1.82, 2.24) is 9.66 Å². The zero-order valence-electron chi connectivity index (χ0n) is 22.6. The number of aromatic nitrogens is 2. The Labute approximate surface area is 252 Å². The predicted molar refractivity (Wildman–Crippen MR) is 165 cm³/mol. The number of para-hydroxylation sites is 2. The summed E-state index contributed by atoms with van der Waals surface area (Å²) >= 11 is 3.44. The molecule has 11 heteroatoms. The van der Waals surface area contributed by atoms with Crippen LogP contribution in [-0.2, 0) is 4.79 Å². The zero-order valence-corrected chi connectivity index (χ0v) is 24.2. The van der Waals surface area contributed by atoms with Crippen LogP contribution < -0.4 is 20.3 Å². The van der Waals surface area contributed by atoms with Crippen LogP contribution >= 0.6 is 15.9 Å². The van der Waals surface area contributed by atoms with Crippen LogP contribution in [0.4, 0.5) is 10.1 Å². The van der Waals surface area contributed by atoms with E-state index < -0.39 is 17.3 Å². The van der Waals surface area contributed by atoms with E-state index in [0.717, 1.165) is 4.68 Å². The molecule has 0 saturated carbocycles. The van der Waals surface area contributed by atoms with E-state index in [0.29, 0.717) is 49.2 Å². The van der Waals surface area contributed by atoms with Gasteiger partial charge in [0, 0.05) is 10.0 Å². The van der Waals surface area contributed by atoms with E-state index in [4.69, 9.17) is 18.9 Å². The molecule has 2 aromatic heterocycles. The molecule has 0 fully saturated rings. The molecule has 0 aliphatic heterocycles. The normalized spacial score (nSPS) is 11.3. The Morgan fingerprint density at radius 3 is 2.67 bits per heavy atom. The number of furan rings is 1. The van der Waals surface area contributed by atoms with Gasteiger partial charge in [0.05, 0.1) is 35.3 Å². The van der Waals surface area contributed by atoms with Gasteiger partial charge in [-0.2, -0.15) is 9.78 Å². The van der Waals surface area contributed by atoms with Gasteiger partial charge in [0.15, 0.2) is 12.4 Å². The highest BCUT2D eigenvalue weighted by Crippen LogP contribution is 2.33. The third kappa shape index (κ3) is 5.75. The second kappa shape index (κ2) is 11.9. The van der Waals surface area contributed by atoms with Crippen molar-refractivity contribution >= 4 is 55.6 Å². The van der Waals surface area contributed by atoms with E-state index in [1.807, 2.05) is 6.07 Å². The number of hydrogen-bond donors (Lipinski definition) is 1. The van der Waals surface area contributed by atoms with Crippen molar-refractivity contribution in [2.45, 2.75) is 0 Å². The summed E-state index contributed by atoms with van der Waals surface area (Å²) in [5.74, 6) is 0.317. The highest BCUT2D eigenvalue weighted by atomic mass is 79.9. The van der Waals surface area contributed by atoms with Crippen molar-refractivity contribution in [2.24, 2.45) is 5.10 Å². The number of rotatable bonds is 8. The molecule has 214 valence electrons. The fourth-order valence-corrected chi connectivity index (χ4v) is 4.86. The molecule has 0 bridgehead atoms. The van der Waals surface area contributed by atoms with Crippen LogP contribution in [0.5, 0.6) is 11.5 Å². The van der Waals surface area contributed by atoms with Gasteiger partial charge in [0.2, 0.25) is 5.82 Å². The summed E-state index contributed by atoms with van der Waals surface area (Å²) < 4.78 is 33.1. The molecule has 2 heterocycles. The number of ether oxygens (including phenoxy) is 2. The molecule has 0 unspecified atom stereocenters. The largest absolute Gasteiger partial charge is 0.496 e. The number of nitrogens with one attached hydrogen (secondary N) is 1. The Bertz CT molecular complexity index is 2090. The van der Waals surface area contributed by atoms with E-state index in [1.165, 1.54) is 24.4 Å². The number of amides is 1. The second-order valence-corrected chi connectivity index (χ2v) is 10.2. The van der Waals surface area contributed by atoms with Crippen LogP contribution in [0.25, 0.3) is 33.5 Å². The second-order valence-electron chi connectivity index (χ2n) is 9.30. The quantitative estimate of drug-likeness (QED) is 0.187. The summed E-state index contributed by atoms with van der Waals surface area (Å²) in [4.78, 5) is 30.8.